The number of carbonyl (C=O) groups excluding carboxylic acids is 1. The second kappa shape index (κ2) is 13.1. The number of unbranched alkanes of at least 4 members (excludes halogenated alkanes) is 1. The monoisotopic (exact) mass is 173 g/mol. The van der Waals surface area contributed by atoms with E-state index >= 15 is 0 Å². The first-order valence-corrected chi connectivity index (χ1v) is 4.94. The van der Waals surface area contributed by atoms with Crippen molar-refractivity contribution < 1.29 is 4.79 Å². The summed E-state index contributed by atoms with van der Waals surface area (Å²) in [4.78, 5) is 9.79. The number of rotatable bonds is 6. The first-order chi connectivity index (χ1) is 5.77. The van der Waals surface area contributed by atoms with E-state index in [0.29, 0.717) is 0 Å². The standard InChI is InChI=1S/C8H17NO.C2H6/c1-8(2)5-3-4-6-9-7-10;1-2/h7-8H,3-6H2,1-2H3,(H,9,10);1-2H3. The summed E-state index contributed by atoms with van der Waals surface area (Å²) in [5, 5.41) is 2.64. The molecule has 0 aliphatic rings. The Hall–Kier alpha value is -0.530. The lowest BCUT2D eigenvalue weighted by molar-refractivity contribution is -0.109. The Labute approximate surface area is 76.7 Å². The van der Waals surface area contributed by atoms with Crippen LogP contribution < -0.4 is 5.32 Å². The number of hydrogen-bond acceptors (Lipinski definition) is 1. The third-order valence-electron chi connectivity index (χ3n) is 1.44. The SMILES string of the molecule is CC.CC(C)CCCCNC=O. The number of nitrogens with one attached hydrogen (secondary N) is 1. The molecule has 0 aromatic carbocycles. The highest BCUT2D eigenvalue weighted by Crippen LogP contribution is 2.04. The number of carbonyl (C=O) groups is 1. The Bertz CT molecular complexity index is 81.9. The van der Waals surface area contributed by atoms with Crippen molar-refractivity contribution in [3.63, 3.8) is 0 Å². The molecule has 1 N–H and O–H groups in total. The van der Waals surface area contributed by atoms with Crippen LogP contribution in [0.1, 0.15) is 47.0 Å². The average molecular weight is 173 g/mol. The summed E-state index contributed by atoms with van der Waals surface area (Å²) in [5.41, 5.74) is 0. The lowest BCUT2D eigenvalue weighted by Crippen LogP contribution is -2.11. The van der Waals surface area contributed by atoms with Crippen LogP contribution in [-0.2, 0) is 4.79 Å². The molecule has 0 unspecified atom stereocenters. The van der Waals surface area contributed by atoms with Gasteiger partial charge in [0.15, 0.2) is 0 Å². The zero-order valence-corrected chi connectivity index (χ0v) is 8.89. The first-order valence-electron chi connectivity index (χ1n) is 4.94. The normalized spacial score (nSPS) is 8.75. The van der Waals surface area contributed by atoms with Gasteiger partial charge in [-0.05, 0) is 12.3 Å². The van der Waals surface area contributed by atoms with Gasteiger partial charge in [-0.1, -0.05) is 40.5 Å². The van der Waals surface area contributed by atoms with Crippen LogP contribution in [0.15, 0.2) is 0 Å². The Morgan fingerprint density at radius 1 is 1.25 bits per heavy atom. The van der Waals surface area contributed by atoms with Gasteiger partial charge < -0.3 is 5.32 Å². The van der Waals surface area contributed by atoms with E-state index in [2.05, 4.69) is 19.2 Å². The molecule has 0 radical (unpaired) electrons. The third kappa shape index (κ3) is 16.2. The van der Waals surface area contributed by atoms with Crippen molar-refractivity contribution in [2.45, 2.75) is 47.0 Å². The average Bonchev–Trinajstić information content (AvgIpc) is 2.07. The predicted octanol–water partition coefficient (Wildman–Crippen LogP) is 2.58. The van der Waals surface area contributed by atoms with E-state index in [-0.39, 0.29) is 0 Å². The zero-order valence-electron chi connectivity index (χ0n) is 8.89. The molecule has 0 aliphatic carbocycles. The molecule has 0 aromatic heterocycles. The lowest BCUT2D eigenvalue weighted by atomic mass is 10.1. The van der Waals surface area contributed by atoms with Gasteiger partial charge in [0.25, 0.3) is 0 Å². The van der Waals surface area contributed by atoms with E-state index in [1.807, 2.05) is 13.8 Å². The van der Waals surface area contributed by atoms with Gasteiger partial charge in [0.2, 0.25) is 6.41 Å². The molecule has 2 heteroatoms. The topological polar surface area (TPSA) is 29.1 Å². The maximum atomic E-state index is 9.79. The van der Waals surface area contributed by atoms with Crippen molar-refractivity contribution in [2.75, 3.05) is 6.54 Å². The molecule has 2 nitrogen and oxygen atoms in total. The summed E-state index contributed by atoms with van der Waals surface area (Å²) in [6.45, 7) is 9.26. The van der Waals surface area contributed by atoms with E-state index in [9.17, 15) is 4.79 Å². The van der Waals surface area contributed by atoms with Gasteiger partial charge in [0.1, 0.15) is 0 Å². The van der Waals surface area contributed by atoms with Crippen molar-refractivity contribution in [1.82, 2.24) is 5.32 Å². The molecule has 0 saturated carbocycles. The van der Waals surface area contributed by atoms with Gasteiger partial charge in [0, 0.05) is 6.54 Å². The van der Waals surface area contributed by atoms with Gasteiger partial charge in [-0.25, -0.2) is 0 Å². The predicted molar refractivity (Wildman–Crippen MR) is 54.1 cm³/mol. The second-order valence-corrected chi connectivity index (χ2v) is 2.96. The Morgan fingerprint density at radius 2 is 1.83 bits per heavy atom. The molecule has 0 saturated heterocycles. The Balaban J connectivity index is 0. The van der Waals surface area contributed by atoms with Crippen LogP contribution >= 0.6 is 0 Å². The molecule has 0 aliphatic heterocycles. The summed E-state index contributed by atoms with van der Waals surface area (Å²) in [5.74, 6) is 0.788. The summed E-state index contributed by atoms with van der Waals surface area (Å²) < 4.78 is 0. The van der Waals surface area contributed by atoms with Gasteiger partial charge >= 0.3 is 0 Å². The van der Waals surface area contributed by atoms with Crippen LogP contribution in [0.25, 0.3) is 0 Å². The molecular formula is C10H23NO. The van der Waals surface area contributed by atoms with Crippen molar-refractivity contribution in [1.29, 1.82) is 0 Å². The van der Waals surface area contributed by atoms with Crippen molar-refractivity contribution in [3.05, 3.63) is 0 Å². The summed E-state index contributed by atoms with van der Waals surface area (Å²) in [7, 11) is 0. The number of amides is 1. The molecule has 0 fully saturated rings. The minimum atomic E-state index is 0.759. The quantitative estimate of drug-likeness (QED) is 0.485. The van der Waals surface area contributed by atoms with E-state index in [1.54, 1.807) is 0 Å². The maximum absolute atomic E-state index is 9.79. The fourth-order valence-electron chi connectivity index (χ4n) is 0.839. The van der Waals surface area contributed by atoms with Crippen LogP contribution in [0.3, 0.4) is 0 Å². The third-order valence-corrected chi connectivity index (χ3v) is 1.44. The van der Waals surface area contributed by atoms with Crippen molar-refractivity contribution in [2.24, 2.45) is 5.92 Å². The molecule has 0 heterocycles. The highest BCUT2D eigenvalue weighted by Gasteiger charge is 1.92. The van der Waals surface area contributed by atoms with Crippen LogP contribution in [0.2, 0.25) is 0 Å². The Morgan fingerprint density at radius 3 is 2.25 bits per heavy atom. The minimum Gasteiger partial charge on any atom is -0.359 e. The van der Waals surface area contributed by atoms with Gasteiger partial charge in [-0.2, -0.15) is 0 Å². The Kier molecular flexibility index (Phi) is 15.3. The summed E-state index contributed by atoms with van der Waals surface area (Å²) >= 11 is 0. The minimum absolute atomic E-state index is 0.759. The van der Waals surface area contributed by atoms with Crippen LogP contribution in [0.4, 0.5) is 0 Å². The molecular weight excluding hydrogens is 150 g/mol. The molecule has 0 bridgehead atoms. The second-order valence-electron chi connectivity index (χ2n) is 2.96. The molecule has 0 aromatic rings. The number of hydrogen-bond donors (Lipinski definition) is 1. The molecule has 1 amide bonds. The van der Waals surface area contributed by atoms with E-state index in [4.69, 9.17) is 0 Å². The van der Waals surface area contributed by atoms with Gasteiger partial charge in [-0.15, -0.1) is 0 Å². The molecule has 0 rings (SSSR count). The highest BCUT2D eigenvalue weighted by molar-refractivity contribution is 5.45. The molecule has 12 heavy (non-hydrogen) atoms. The highest BCUT2D eigenvalue weighted by atomic mass is 16.1. The van der Waals surface area contributed by atoms with Crippen molar-refractivity contribution >= 4 is 6.41 Å². The van der Waals surface area contributed by atoms with Crippen LogP contribution in [0, 0.1) is 5.92 Å². The first kappa shape index (κ1) is 14.0. The largest absolute Gasteiger partial charge is 0.359 e. The van der Waals surface area contributed by atoms with E-state index in [1.165, 1.54) is 12.8 Å². The van der Waals surface area contributed by atoms with Crippen LogP contribution in [-0.4, -0.2) is 13.0 Å². The molecule has 0 atom stereocenters. The van der Waals surface area contributed by atoms with Crippen LogP contribution in [0.5, 0.6) is 0 Å². The van der Waals surface area contributed by atoms with Crippen molar-refractivity contribution in [3.8, 4) is 0 Å². The zero-order chi connectivity index (χ0) is 9.82. The fourth-order valence-corrected chi connectivity index (χ4v) is 0.839. The summed E-state index contributed by atoms with van der Waals surface area (Å²) in [6.07, 6.45) is 4.35. The molecule has 0 spiro atoms. The molecule has 74 valence electrons. The van der Waals surface area contributed by atoms with Gasteiger partial charge in [0.05, 0.1) is 0 Å². The van der Waals surface area contributed by atoms with Gasteiger partial charge in [-0.3, -0.25) is 4.79 Å². The van der Waals surface area contributed by atoms with E-state index in [0.717, 1.165) is 25.3 Å². The maximum Gasteiger partial charge on any atom is 0.207 e. The fraction of sp³-hybridized carbons (Fsp3) is 0.900. The van der Waals surface area contributed by atoms with E-state index < -0.39 is 0 Å². The summed E-state index contributed by atoms with van der Waals surface area (Å²) in [6, 6.07) is 0. The smallest absolute Gasteiger partial charge is 0.207 e. The lowest BCUT2D eigenvalue weighted by Gasteiger charge is -2.02.